The number of ether oxygens (including phenoxy) is 2. The molecule has 0 saturated carbocycles. The van der Waals surface area contributed by atoms with Crippen molar-refractivity contribution < 1.29 is 14.3 Å². The van der Waals surface area contributed by atoms with E-state index in [1.165, 1.54) is 0 Å². The van der Waals surface area contributed by atoms with Gasteiger partial charge in [0, 0.05) is 17.3 Å². The van der Waals surface area contributed by atoms with Gasteiger partial charge >= 0.3 is 5.97 Å². The molecule has 118 valence electrons. The molecule has 2 aromatic heterocycles. The first kappa shape index (κ1) is 14.8. The van der Waals surface area contributed by atoms with Gasteiger partial charge in [-0.2, -0.15) is 15.4 Å². The minimum Gasteiger partial charge on any atom is -0.497 e. The standard InChI is InChI=1S/C16H16N4O3/c1-3-23-16(21)13-8-11(9-17-13)15-14(18-20-19-15)10-4-6-12(22-2)7-5-10/h4-9,17H,3H2,1-2H3,(H,18,19,20). The number of H-pyrrole nitrogens is 2. The zero-order valence-corrected chi connectivity index (χ0v) is 12.8. The number of nitrogens with one attached hydrogen (secondary N) is 2. The first-order chi connectivity index (χ1) is 11.2. The quantitative estimate of drug-likeness (QED) is 0.706. The number of hydrogen-bond donors (Lipinski definition) is 2. The number of methoxy groups -OCH3 is 1. The van der Waals surface area contributed by atoms with Crippen LogP contribution in [0.25, 0.3) is 22.5 Å². The van der Waals surface area contributed by atoms with Crippen molar-refractivity contribution in [3.05, 3.63) is 42.2 Å². The smallest absolute Gasteiger partial charge is 0.354 e. The number of esters is 1. The Morgan fingerprint density at radius 2 is 1.83 bits per heavy atom. The van der Waals surface area contributed by atoms with Gasteiger partial charge in [0.15, 0.2) is 0 Å². The second kappa shape index (κ2) is 6.35. The first-order valence-corrected chi connectivity index (χ1v) is 7.14. The predicted octanol–water partition coefficient (Wildman–Crippen LogP) is 2.65. The number of benzene rings is 1. The van der Waals surface area contributed by atoms with Gasteiger partial charge in [-0.3, -0.25) is 0 Å². The third-order valence-corrected chi connectivity index (χ3v) is 3.36. The number of hydrogen-bond acceptors (Lipinski definition) is 5. The van der Waals surface area contributed by atoms with E-state index in [-0.39, 0.29) is 0 Å². The van der Waals surface area contributed by atoms with Gasteiger partial charge in [-0.15, -0.1) is 0 Å². The molecule has 0 unspecified atom stereocenters. The van der Waals surface area contributed by atoms with Crippen molar-refractivity contribution in [1.29, 1.82) is 0 Å². The molecule has 23 heavy (non-hydrogen) atoms. The Balaban J connectivity index is 1.93. The lowest BCUT2D eigenvalue weighted by Gasteiger charge is -2.02. The van der Waals surface area contributed by atoms with Crippen LogP contribution >= 0.6 is 0 Å². The van der Waals surface area contributed by atoms with Crippen molar-refractivity contribution in [3.8, 4) is 28.3 Å². The summed E-state index contributed by atoms with van der Waals surface area (Å²) < 4.78 is 10.1. The summed E-state index contributed by atoms with van der Waals surface area (Å²) in [6.07, 6.45) is 1.71. The maximum atomic E-state index is 11.7. The van der Waals surface area contributed by atoms with Crippen LogP contribution in [0.15, 0.2) is 36.5 Å². The molecule has 3 aromatic rings. The van der Waals surface area contributed by atoms with Crippen molar-refractivity contribution in [1.82, 2.24) is 20.4 Å². The van der Waals surface area contributed by atoms with E-state index < -0.39 is 5.97 Å². The van der Waals surface area contributed by atoms with Crippen LogP contribution in [0.1, 0.15) is 17.4 Å². The molecule has 3 rings (SSSR count). The fourth-order valence-electron chi connectivity index (χ4n) is 2.24. The van der Waals surface area contributed by atoms with Gasteiger partial charge in [0.05, 0.1) is 13.7 Å². The van der Waals surface area contributed by atoms with Crippen LogP contribution in [0.5, 0.6) is 5.75 Å². The minimum absolute atomic E-state index is 0.328. The topological polar surface area (TPSA) is 92.9 Å². The van der Waals surface area contributed by atoms with Crippen LogP contribution < -0.4 is 4.74 Å². The van der Waals surface area contributed by atoms with Crippen molar-refractivity contribution >= 4 is 5.97 Å². The molecule has 0 fully saturated rings. The Kier molecular flexibility index (Phi) is 4.09. The Hall–Kier alpha value is -3.09. The molecule has 7 heteroatoms. The molecule has 0 spiro atoms. The highest BCUT2D eigenvalue weighted by atomic mass is 16.5. The molecule has 0 saturated heterocycles. The SMILES string of the molecule is CCOC(=O)c1cc(-c2n[nH]nc2-c2ccc(OC)cc2)c[nH]1. The molecule has 0 amide bonds. The Labute approximate surface area is 132 Å². The zero-order chi connectivity index (χ0) is 16.2. The predicted molar refractivity (Wildman–Crippen MR) is 84.1 cm³/mol. The van der Waals surface area contributed by atoms with Crippen LogP contribution in [0.4, 0.5) is 0 Å². The maximum absolute atomic E-state index is 11.7. The molecule has 1 aromatic carbocycles. The van der Waals surface area contributed by atoms with Crippen molar-refractivity contribution in [3.63, 3.8) is 0 Å². The molecular weight excluding hydrogens is 296 g/mol. The second-order valence-corrected chi connectivity index (χ2v) is 4.77. The third-order valence-electron chi connectivity index (χ3n) is 3.36. The number of carbonyl (C=O) groups is 1. The Bertz CT molecular complexity index is 805. The van der Waals surface area contributed by atoms with Crippen LogP contribution in [0, 0.1) is 0 Å². The summed E-state index contributed by atoms with van der Waals surface area (Å²) in [6.45, 7) is 2.09. The van der Waals surface area contributed by atoms with E-state index in [2.05, 4.69) is 20.4 Å². The van der Waals surface area contributed by atoms with Crippen LogP contribution in [0.2, 0.25) is 0 Å². The molecule has 2 heterocycles. The lowest BCUT2D eigenvalue weighted by Crippen LogP contribution is -2.04. The Morgan fingerprint density at radius 3 is 2.48 bits per heavy atom. The van der Waals surface area contributed by atoms with Gasteiger partial charge in [0.2, 0.25) is 0 Å². The summed E-state index contributed by atoms with van der Waals surface area (Å²) in [5, 5.41) is 11.0. The van der Waals surface area contributed by atoms with Crippen molar-refractivity contribution in [2.45, 2.75) is 6.92 Å². The molecule has 0 aliphatic rings. The largest absolute Gasteiger partial charge is 0.497 e. The number of aromatic amines is 2. The fourth-order valence-corrected chi connectivity index (χ4v) is 2.24. The summed E-state index contributed by atoms with van der Waals surface area (Å²) in [5.74, 6) is 0.373. The maximum Gasteiger partial charge on any atom is 0.354 e. The molecule has 7 nitrogen and oxygen atoms in total. The minimum atomic E-state index is -0.395. The fraction of sp³-hybridized carbons (Fsp3) is 0.188. The van der Waals surface area contributed by atoms with E-state index in [4.69, 9.17) is 9.47 Å². The number of nitrogens with zero attached hydrogens (tertiary/aromatic N) is 2. The van der Waals surface area contributed by atoms with Gasteiger partial charge in [-0.05, 0) is 37.3 Å². The van der Waals surface area contributed by atoms with Gasteiger partial charge in [0.25, 0.3) is 0 Å². The van der Waals surface area contributed by atoms with Gasteiger partial charge in [-0.25, -0.2) is 4.79 Å². The van der Waals surface area contributed by atoms with E-state index in [1.54, 1.807) is 26.3 Å². The molecule has 0 atom stereocenters. The van der Waals surface area contributed by atoms with E-state index in [0.717, 1.165) is 16.9 Å². The highest BCUT2D eigenvalue weighted by molar-refractivity contribution is 5.90. The summed E-state index contributed by atoms with van der Waals surface area (Å²) in [6, 6.07) is 9.21. The van der Waals surface area contributed by atoms with Gasteiger partial charge in [-0.1, -0.05) is 0 Å². The summed E-state index contributed by atoms with van der Waals surface area (Å²) in [4.78, 5) is 14.6. The van der Waals surface area contributed by atoms with Crippen LogP contribution in [-0.4, -0.2) is 40.1 Å². The van der Waals surface area contributed by atoms with E-state index in [0.29, 0.717) is 23.7 Å². The summed E-state index contributed by atoms with van der Waals surface area (Å²) >= 11 is 0. The Morgan fingerprint density at radius 1 is 1.13 bits per heavy atom. The summed E-state index contributed by atoms with van der Waals surface area (Å²) in [7, 11) is 1.62. The highest BCUT2D eigenvalue weighted by Gasteiger charge is 2.16. The molecular formula is C16H16N4O3. The summed E-state index contributed by atoms with van der Waals surface area (Å²) in [5.41, 5.74) is 3.38. The number of rotatable bonds is 5. The third kappa shape index (κ3) is 2.94. The normalized spacial score (nSPS) is 10.5. The van der Waals surface area contributed by atoms with Crippen molar-refractivity contribution in [2.75, 3.05) is 13.7 Å². The monoisotopic (exact) mass is 312 g/mol. The number of aromatic nitrogens is 4. The van der Waals surface area contributed by atoms with E-state index >= 15 is 0 Å². The van der Waals surface area contributed by atoms with Gasteiger partial charge in [0.1, 0.15) is 22.8 Å². The molecule has 0 radical (unpaired) electrons. The van der Waals surface area contributed by atoms with E-state index in [9.17, 15) is 4.79 Å². The average Bonchev–Trinajstić information content (AvgIpc) is 3.24. The molecule has 2 N–H and O–H groups in total. The lowest BCUT2D eigenvalue weighted by atomic mass is 10.1. The van der Waals surface area contributed by atoms with Crippen LogP contribution in [0.3, 0.4) is 0 Å². The highest BCUT2D eigenvalue weighted by Crippen LogP contribution is 2.29. The lowest BCUT2D eigenvalue weighted by molar-refractivity contribution is 0.0520. The second-order valence-electron chi connectivity index (χ2n) is 4.77. The van der Waals surface area contributed by atoms with Crippen LogP contribution in [-0.2, 0) is 4.74 Å². The van der Waals surface area contributed by atoms with Crippen molar-refractivity contribution in [2.24, 2.45) is 0 Å². The first-order valence-electron chi connectivity index (χ1n) is 7.14. The zero-order valence-electron chi connectivity index (χ0n) is 12.8. The molecule has 0 aliphatic carbocycles. The van der Waals surface area contributed by atoms with Gasteiger partial charge < -0.3 is 14.5 Å². The molecule has 0 bridgehead atoms. The molecule has 0 aliphatic heterocycles. The number of carbonyl (C=O) groups excluding carboxylic acids is 1. The van der Waals surface area contributed by atoms with E-state index in [1.807, 2.05) is 24.3 Å². The average molecular weight is 312 g/mol.